The summed E-state index contributed by atoms with van der Waals surface area (Å²) < 4.78 is 39.1. The van der Waals surface area contributed by atoms with Crippen LogP contribution < -0.4 is 5.73 Å². The molecule has 1 atom stereocenters. The zero-order valence-electron chi connectivity index (χ0n) is 12.3. The molecule has 1 aliphatic rings. The van der Waals surface area contributed by atoms with Gasteiger partial charge in [-0.1, -0.05) is 25.1 Å². The maximum absolute atomic E-state index is 13.0. The van der Waals surface area contributed by atoms with Gasteiger partial charge in [-0.25, -0.2) is 0 Å². The molecular weight excluding hydrogens is 317 g/mol. The third kappa shape index (κ3) is 4.36. The number of nitrogens with two attached hydrogens (primary N) is 1. The maximum Gasteiger partial charge on any atom is 0.416 e. The van der Waals surface area contributed by atoms with Gasteiger partial charge in [0.15, 0.2) is 0 Å². The van der Waals surface area contributed by atoms with Crippen molar-refractivity contribution in [2.45, 2.75) is 38.5 Å². The summed E-state index contributed by atoms with van der Waals surface area (Å²) in [7, 11) is 0. The van der Waals surface area contributed by atoms with E-state index in [1.807, 2.05) is 0 Å². The highest BCUT2D eigenvalue weighted by Gasteiger charge is 2.37. The van der Waals surface area contributed by atoms with Gasteiger partial charge in [0.1, 0.15) is 0 Å². The summed E-state index contributed by atoms with van der Waals surface area (Å²) in [5.74, 6) is -0.541. The molecule has 1 aromatic carbocycles. The summed E-state index contributed by atoms with van der Waals surface area (Å²) in [5.41, 5.74) is 4.95. The number of amides is 1. The van der Waals surface area contributed by atoms with E-state index in [1.54, 1.807) is 17.9 Å². The number of carbonyl (C=O) groups excluding carboxylic acids is 1. The molecule has 1 saturated carbocycles. The van der Waals surface area contributed by atoms with Crippen molar-refractivity contribution in [3.63, 3.8) is 0 Å². The Morgan fingerprint density at radius 1 is 1.36 bits per heavy atom. The number of rotatable bonds is 5. The van der Waals surface area contributed by atoms with Gasteiger partial charge in [-0.3, -0.25) is 4.79 Å². The predicted molar refractivity (Wildman–Crippen MR) is 80.5 cm³/mol. The number of hydrogen-bond donors (Lipinski definition) is 1. The molecule has 1 fully saturated rings. The first kappa shape index (κ1) is 18.8. The van der Waals surface area contributed by atoms with E-state index in [-0.39, 0.29) is 48.9 Å². The Morgan fingerprint density at radius 2 is 1.95 bits per heavy atom. The minimum Gasteiger partial charge on any atom is -0.335 e. The molecule has 2 N–H and O–H groups in total. The number of hydrogen-bond acceptors (Lipinski definition) is 2. The largest absolute Gasteiger partial charge is 0.416 e. The first-order valence-corrected chi connectivity index (χ1v) is 7.00. The number of halogens is 4. The molecule has 3 nitrogen and oxygen atoms in total. The Hall–Kier alpha value is -1.27. The topological polar surface area (TPSA) is 46.3 Å². The SMILES string of the molecule is CC(CN)C(=O)N(Cc1ccccc1C(F)(F)F)C1CC1.Cl. The Bertz CT molecular complexity index is 518. The van der Waals surface area contributed by atoms with E-state index in [0.29, 0.717) is 0 Å². The quantitative estimate of drug-likeness (QED) is 0.897. The van der Waals surface area contributed by atoms with Gasteiger partial charge in [0.2, 0.25) is 5.91 Å². The lowest BCUT2D eigenvalue weighted by atomic mass is 10.0. The van der Waals surface area contributed by atoms with E-state index in [9.17, 15) is 18.0 Å². The summed E-state index contributed by atoms with van der Waals surface area (Å²) in [6, 6.07) is 5.45. The van der Waals surface area contributed by atoms with Crippen LogP contribution in [0.5, 0.6) is 0 Å². The molecule has 1 aromatic rings. The number of benzene rings is 1. The fraction of sp³-hybridized carbons (Fsp3) is 0.533. The van der Waals surface area contributed by atoms with Crippen molar-refractivity contribution in [1.82, 2.24) is 4.90 Å². The van der Waals surface area contributed by atoms with E-state index >= 15 is 0 Å². The van der Waals surface area contributed by atoms with Crippen molar-refractivity contribution in [1.29, 1.82) is 0 Å². The monoisotopic (exact) mass is 336 g/mol. The molecule has 1 amide bonds. The minimum absolute atomic E-state index is 0. The van der Waals surface area contributed by atoms with Gasteiger partial charge in [-0.15, -0.1) is 12.4 Å². The molecule has 22 heavy (non-hydrogen) atoms. The second-order valence-corrected chi connectivity index (χ2v) is 5.49. The van der Waals surface area contributed by atoms with E-state index in [4.69, 9.17) is 5.73 Å². The van der Waals surface area contributed by atoms with Crippen LogP contribution in [-0.4, -0.2) is 23.4 Å². The van der Waals surface area contributed by atoms with Crippen molar-refractivity contribution in [2.75, 3.05) is 6.54 Å². The third-order valence-electron chi connectivity index (χ3n) is 3.71. The Kier molecular flexibility index (Phi) is 6.26. The van der Waals surface area contributed by atoms with Crippen LogP contribution in [0.2, 0.25) is 0 Å². The molecule has 0 spiro atoms. The molecule has 7 heteroatoms. The molecule has 2 rings (SSSR count). The molecule has 1 unspecified atom stereocenters. The van der Waals surface area contributed by atoms with Crippen LogP contribution >= 0.6 is 12.4 Å². The highest BCUT2D eigenvalue weighted by atomic mass is 35.5. The summed E-state index contributed by atoms with van der Waals surface area (Å²) >= 11 is 0. The molecule has 1 aliphatic carbocycles. The molecule has 0 heterocycles. The first-order chi connectivity index (χ1) is 9.84. The van der Waals surface area contributed by atoms with Gasteiger partial charge in [-0.2, -0.15) is 13.2 Å². The fourth-order valence-electron chi connectivity index (χ4n) is 2.28. The Balaban J connectivity index is 0.00000242. The van der Waals surface area contributed by atoms with Crippen LogP contribution in [0.4, 0.5) is 13.2 Å². The van der Waals surface area contributed by atoms with Crippen LogP contribution in [0.3, 0.4) is 0 Å². The molecule has 0 saturated heterocycles. The molecular formula is C15H20ClF3N2O. The lowest BCUT2D eigenvalue weighted by Gasteiger charge is -2.26. The van der Waals surface area contributed by atoms with Crippen LogP contribution in [0, 0.1) is 5.92 Å². The average molecular weight is 337 g/mol. The van der Waals surface area contributed by atoms with Crippen LogP contribution in [0.1, 0.15) is 30.9 Å². The Morgan fingerprint density at radius 3 is 2.45 bits per heavy atom. The lowest BCUT2D eigenvalue weighted by Crippen LogP contribution is -2.39. The summed E-state index contributed by atoms with van der Waals surface area (Å²) in [5, 5.41) is 0. The van der Waals surface area contributed by atoms with Crippen molar-refractivity contribution in [2.24, 2.45) is 11.7 Å². The van der Waals surface area contributed by atoms with Crippen LogP contribution in [0.15, 0.2) is 24.3 Å². The number of nitrogens with zero attached hydrogens (tertiary/aromatic N) is 1. The van der Waals surface area contributed by atoms with Crippen molar-refractivity contribution < 1.29 is 18.0 Å². The molecule has 0 bridgehead atoms. The average Bonchev–Trinajstić information content (AvgIpc) is 3.27. The number of carbonyl (C=O) groups is 1. The smallest absolute Gasteiger partial charge is 0.335 e. The molecule has 0 aromatic heterocycles. The second kappa shape index (κ2) is 7.33. The van der Waals surface area contributed by atoms with Gasteiger partial charge in [-0.05, 0) is 24.5 Å². The number of alkyl halides is 3. The Labute approximate surface area is 134 Å². The molecule has 0 radical (unpaired) electrons. The van der Waals surface area contributed by atoms with Crippen molar-refractivity contribution in [3.05, 3.63) is 35.4 Å². The summed E-state index contributed by atoms with van der Waals surface area (Å²) in [4.78, 5) is 13.8. The normalized spacial score (nSPS) is 15.9. The third-order valence-corrected chi connectivity index (χ3v) is 3.71. The van der Waals surface area contributed by atoms with Gasteiger partial charge in [0.25, 0.3) is 0 Å². The van der Waals surface area contributed by atoms with Crippen LogP contribution in [-0.2, 0) is 17.5 Å². The van der Waals surface area contributed by atoms with Gasteiger partial charge in [0, 0.05) is 25.0 Å². The van der Waals surface area contributed by atoms with Gasteiger partial charge >= 0.3 is 6.18 Å². The van der Waals surface area contributed by atoms with Crippen LogP contribution in [0.25, 0.3) is 0 Å². The predicted octanol–water partition coefficient (Wildman–Crippen LogP) is 3.21. The van der Waals surface area contributed by atoms with E-state index < -0.39 is 11.7 Å². The standard InChI is InChI=1S/C15H19F3N2O.ClH/c1-10(8-19)14(21)20(12-6-7-12)9-11-4-2-3-5-13(11)15(16,17)18;/h2-5,10,12H,6-9,19H2,1H3;1H. The zero-order valence-corrected chi connectivity index (χ0v) is 13.1. The van der Waals surface area contributed by atoms with E-state index in [1.165, 1.54) is 12.1 Å². The van der Waals surface area contributed by atoms with E-state index in [0.717, 1.165) is 18.9 Å². The molecule has 124 valence electrons. The fourth-order valence-corrected chi connectivity index (χ4v) is 2.28. The minimum atomic E-state index is -4.41. The van der Waals surface area contributed by atoms with Gasteiger partial charge < -0.3 is 10.6 Å². The van der Waals surface area contributed by atoms with E-state index in [2.05, 4.69) is 0 Å². The summed E-state index contributed by atoms with van der Waals surface area (Å²) in [6.07, 6.45) is -2.72. The lowest BCUT2D eigenvalue weighted by molar-refractivity contribution is -0.141. The zero-order chi connectivity index (χ0) is 15.6. The van der Waals surface area contributed by atoms with Gasteiger partial charge in [0.05, 0.1) is 5.56 Å². The highest BCUT2D eigenvalue weighted by molar-refractivity contribution is 5.85. The molecule has 0 aliphatic heterocycles. The van der Waals surface area contributed by atoms with Crippen molar-refractivity contribution >= 4 is 18.3 Å². The highest BCUT2D eigenvalue weighted by Crippen LogP contribution is 2.35. The maximum atomic E-state index is 13.0. The first-order valence-electron chi connectivity index (χ1n) is 7.00. The summed E-state index contributed by atoms with van der Waals surface area (Å²) in [6.45, 7) is 1.89. The van der Waals surface area contributed by atoms with Crippen molar-refractivity contribution in [3.8, 4) is 0 Å². The second-order valence-electron chi connectivity index (χ2n) is 5.49.